The Kier molecular flexibility index (Phi) is 8.11. The lowest BCUT2D eigenvalue weighted by molar-refractivity contribution is -0.137. The molecule has 0 spiro atoms. The largest absolute Gasteiger partial charge is 0.496 e. The van der Waals surface area contributed by atoms with E-state index in [4.69, 9.17) is 4.74 Å². The van der Waals surface area contributed by atoms with Gasteiger partial charge in [0.2, 0.25) is 5.91 Å². The van der Waals surface area contributed by atoms with Crippen molar-refractivity contribution in [1.29, 1.82) is 0 Å². The number of para-hydroxylation sites is 1. The zero-order chi connectivity index (χ0) is 23.8. The summed E-state index contributed by atoms with van der Waals surface area (Å²) in [5, 5.41) is 6.15. The van der Waals surface area contributed by atoms with Crippen LogP contribution in [-0.4, -0.2) is 20.1 Å². The second-order valence-electron chi connectivity index (χ2n) is 7.65. The summed E-state index contributed by atoms with van der Waals surface area (Å²) in [4.78, 5) is 12.7. The van der Waals surface area contributed by atoms with Crippen molar-refractivity contribution in [3.8, 4) is 5.75 Å². The standard InChI is InChI=1S/C26H27F3N2O2/c1-30-25(32)24(19-8-4-3-5-9-19)31-22(21-10-6-7-11-23(21)33-2)17-14-18-12-15-20(16-13-18)26(27,28)29/h3-13,15-16,22,24,31H,14,17H2,1-2H3,(H,30,32)/t22-,24?/m0/s1. The average Bonchev–Trinajstić information content (AvgIpc) is 2.84. The van der Waals surface area contributed by atoms with Gasteiger partial charge in [-0.25, -0.2) is 0 Å². The van der Waals surface area contributed by atoms with Crippen molar-refractivity contribution < 1.29 is 22.7 Å². The van der Waals surface area contributed by atoms with E-state index in [1.807, 2.05) is 54.6 Å². The van der Waals surface area contributed by atoms with E-state index in [2.05, 4.69) is 10.6 Å². The smallest absolute Gasteiger partial charge is 0.416 e. The molecule has 3 rings (SSSR count). The number of carbonyl (C=O) groups is 1. The monoisotopic (exact) mass is 456 g/mol. The van der Waals surface area contributed by atoms with Gasteiger partial charge in [-0.3, -0.25) is 10.1 Å². The number of hydrogen-bond acceptors (Lipinski definition) is 3. The van der Waals surface area contributed by atoms with Gasteiger partial charge in [-0.2, -0.15) is 13.2 Å². The van der Waals surface area contributed by atoms with Gasteiger partial charge in [-0.1, -0.05) is 60.7 Å². The third-order valence-corrected chi connectivity index (χ3v) is 5.53. The number of hydrogen-bond donors (Lipinski definition) is 2. The van der Waals surface area contributed by atoms with Crippen LogP contribution in [0.2, 0.25) is 0 Å². The molecule has 3 aromatic rings. The second kappa shape index (κ2) is 11.0. The first-order chi connectivity index (χ1) is 15.8. The Morgan fingerprint density at radius 3 is 2.18 bits per heavy atom. The Morgan fingerprint density at radius 2 is 1.58 bits per heavy atom. The molecule has 0 bridgehead atoms. The molecule has 33 heavy (non-hydrogen) atoms. The van der Waals surface area contributed by atoms with Crippen molar-refractivity contribution in [3.05, 3.63) is 101 Å². The lowest BCUT2D eigenvalue weighted by Gasteiger charge is -2.27. The van der Waals surface area contributed by atoms with Crippen LogP contribution in [0.15, 0.2) is 78.9 Å². The fraction of sp³-hybridized carbons (Fsp3) is 0.269. The summed E-state index contributed by atoms with van der Waals surface area (Å²) in [7, 11) is 3.17. The first-order valence-corrected chi connectivity index (χ1v) is 10.6. The third kappa shape index (κ3) is 6.35. The molecule has 0 fully saturated rings. The number of ether oxygens (including phenoxy) is 1. The maximum atomic E-state index is 12.9. The summed E-state index contributed by atoms with van der Waals surface area (Å²) in [6, 6.07) is 21.2. The molecule has 0 aromatic heterocycles. The van der Waals surface area contributed by atoms with Gasteiger partial charge in [0.25, 0.3) is 0 Å². The maximum absolute atomic E-state index is 12.9. The molecule has 4 nitrogen and oxygen atoms in total. The van der Waals surface area contributed by atoms with Gasteiger partial charge in [0.05, 0.1) is 12.7 Å². The van der Waals surface area contributed by atoms with E-state index in [-0.39, 0.29) is 11.9 Å². The number of halogens is 3. The Labute approximate surface area is 191 Å². The molecule has 7 heteroatoms. The van der Waals surface area contributed by atoms with E-state index in [9.17, 15) is 18.0 Å². The second-order valence-corrected chi connectivity index (χ2v) is 7.65. The molecule has 2 N–H and O–H groups in total. The number of likely N-dealkylation sites (N-methyl/N-ethyl adjacent to an activating group) is 1. The topological polar surface area (TPSA) is 50.4 Å². The van der Waals surface area contributed by atoms with Crippen LogP contribution >= 0.6 is 0 Å². The van der Waals surface area contributed by atoms with Gasteiger partial charge in [0.1, 0.15) is 11.8 Å². The molecule has 2 atom stereocenters. The zero-order valence-corrected chi connectivity index (χ0v) is 18.5. The van der Waals surface area contributed by atoms with E-state index < -0.39 is 17.8 Å². The first kappa shape index (κ1) is 24.3. The van der Waals surface area contributed by atoms with Crippen LogP contribution in [-0.2, 0) is 17.4 Å². The molecule has 0 heterocycles. The molecule has 3 aromatic carbocycles. The van der Waals surface area contributed by atoms with Gasteiger partial charge in [-0.05, 0) is 42.2 Å². The summed E-state index contributed by atoms with van der Waals surface area (Å²) in [5.41, 5.74) is 1.79. The highest BCUT2D eigenvalue weighted by Gasteiger charge is 2.30. The number of carbonyl (C=O) groups excluding carboxylic acids is 1. The summed E-state index contributed by atoms with van der Waals surface area (Å²) >= 11 is 0. The van der Waals surface area contributed by atoms with Crippen molar-refractivity contribution in [2.45, 2.75) is 31.1 Å². The number of aryl methyl sites for hydroxylation is 1. The lowest BCUT2D eigenvalue weighted by atomic mass is 9.95. The maximum Gasteiger partial charge on any atom is 0.416 e. The molecular weight excluding hydrogens is 429 g/mol. The number of benzene rings is 3. The highest BCUT2D eigenvalue weighted by Crippen LogP contribution is 2.32. The zero-order valence-electron chi connectivity index (χ0n) is 18.5. The number of rotatable bonds is 9. The Hall–Kier alpha value is -3.32. The van der Waals surface area contributed by atoms with E-state index in [1.165, 1.54) is 12.1 Å². The molecule has 1 amide bonds. The normalized spacial score (nSPS) is 13.2. The van der Waals surface area contributed by atoms with E-state index in [1.54, 1.807) is 14.2 Å². The van der Waals surface area contributed by atoms with Crippen molar-refractivity contribution in [2.75, 3.05) is 14.2 Å². The van der Waals surface area contributed by atoms with Crippen LogP contribution in [0.25, 0.3) is 0 Å². The van der Waals surface area contributed by atoms with Crippen molar-refractivity contribution in [1.82, 2.24) is 10.6 Å². The minimum atomic E-state index is -4.36. The Bertz CT molecular complexity index is 1040. The van der Waals surface area contributed by atoms with Crippen LogP contribution in [0.4, 0.5) is 13.2 Å². The molecule has 0 aliphatic carbocycles. The fourth-order valence-electron chi connectivity index (χ4n) is 3.77. The minimum Gasteiger partial charge on any atom is -0.496 e. The highest BCUT2D eigenvalue weighted by molar-refractivity contribution is 5.83. The summed E-state index contributed by atoms with van der Waals surface area (Å²) in [6.07, 6.45) is -3.30. The van der Waals surface area contributed by atoms with Crippen LogP contribution < -0.4 is 15.4 Å². The van der Waals surface area contributed by atoms with Crippen LogP contribution in [0.5, 0.6) is 5.75 Å². The third-order valence-electron chi connectivity index (χ3n) is 5.53. The van der Waals surface area contributed by atoms with Crippen LogP contribution in [0.1, 0.15) is 40.8 Å². The predicted molar refractivity (Wildman–Crippen MR) is 122 cm³/mol. The van der Waals surface area contributed by atoms with Gasteiger partial charge >= 0.3 is 6.18 Å². The number of alkyl halides is 3. The minimum absolute atomic E-state index is 0.185. The summed E-state index contributed by atoms with van der Waals surface area (Å²) in [5.74, 6) is 0.488. The van der Waals surface area contributed by atoms with Crippen LogP contribution in [0, 0.1) is 0 Å². The number of nitrogens with one attached hydrogen (secondary N) is 2. The molecule has 0 aliphatic rings. The predicted octanol–water partition coefficient (Wildman–Crippen LogP) is 5.46. The molecule has 0 radical (unpaired) electrons. The van der Waals surface area contributed by atoms with Gasteiger partial charge in [0, 0.05) is 18.7 Å². The van der Waals surface area contributed by atoms with Crippen molar-refractivity contribution in [2.24, 2.45) is 0 Å². The van der Waals surface area contributed by atoms with E-state index in [0.29, 0.717) is 18.6 Å². The highest BCUT2D eigenvalue weighted by atomic mass is 19.4. The Balaban J connectivity index is 1.88. The SMILES string of the molecule is CNC(=O)C(N[C@@H](CCc1ccc(C(F)(F)F)cc1)c1ccccc1OC)c1ccccc1. The molecule has 0 saturated carbocycles. The number of methoxy groups -OCH3 is 1. The quantitative estimate of drug-likeness (QED) is 0.449. The molecule has 0 aliphatic heterocycles. The van der Waals surface area contributed by atoms with Gasteiger partial charge in [-0.15, -0.1) is 0 Å². The molecule has 0 saturated heterocycles. The van der Waals surface area contributed by atoms with Gasteiger partial charge in [0.15, 0.2) is 0 Å². The first-order valence-electron chi connectivity index (χ1n) is 10.6. The molecular formula is C26H27F3N2O2. The Morgan fingerprint density at radius 1 is 0.939 bits per heavy atom. The average molecular weight is 457 g/mol. The molecule has 1 unspecified atom stereocenters. The lowest BCUT2D eigenvalue weighted by Crippen LogP contribution is -2.38. The van der Waals surface area contributed by atoms with Crippen LogP contribution in [0.3, 0.4) is 0 Å². The summed E-state index contributed by atoms with van der Waals surface area (Å²) < 4.78 is 44.2. The van der Waals surface area contributed by atoms with E-state index >= 15 is 0 Å². The molecule has 174 valence electrons. The number of amides is 1. The van der Waals surface area contributed by atoms with E-state index in [0.717, 1.165) is 28.8 Å². The van der Waals surface area contributed by atoms with Crippen molar-refractivity contribution in [3.63, 3.8) is 0 Å². The fourth-order valence-corrected chi connectivity index (χ4v) is 3.77. The van der Waals surface area contributed by atoms with Crippen molar-refractivity contribution >= 4 is 5.91 Å². The van der Waals surface area contributed by atoms with Gasteiger partial charge < -0.3 is 10.1 Å². The summed E-state index contributed by atoms with van der Waals surface area (Å²) in [6.45, 7) is 0.